The summed E-state index contributed by atoms with van der Waals surface area (Å²) in [5.41, 5.74) is 7.05. The fourth-order valence-electron chi connectivity index (χ4n) is 2.30. The normalized spacial score (nSPS) is 12.5. The molecule has 4 nitrogen and oxygen atoms in total. The molecule has 0 saturated heterocycles. The average Bonchev–Trinajstić information content (AvgIpc) is 2.91. The van der Waals surface area contributed by atoms with Crippen LogP contribution in [0.25, 0.3) is 10.2 Å². The lowest BCUT2D eigenvalue weighted by atomic mass is 10.1. The van der Waals surface area contributed by atoms with Gasteiger partial charge < -0.3 is 11.1 Å². The SMILES string of the molecule is CCc1cc2c(NC(C)c3ccccc3)nc(N)nc2s1. The summed E-state index contributed by atoms with van der Waals surface area (Å²) in [6.07, 6.45) is 0.995. The fourth-order valence-corrected chi connectivity index (χ4v) is 3.28. The van der Waals surface area contributed by atoms with Crippen molar-refractivity contribution >= 4 is 33.3 Å². The van der Waals surface area contributed by atoms with E-state index < -0.39 is 0 Å². The van der Waals surface area contributed by atoms with Crippen LogP contribution in [0.2, 0.25) is 0 Å². The van der Waals surface area contributed by atoms with Crippen LogP contribution in [0.3, 0.4) is 0 Å². The van der Waals surface area contributed by atoms with Crippen molar-refractivity contribution in [3.8, 4) is 0 Å². The lowest BCUT2D eigenvalue weighted by Gasteiger charge is -2.15. The van der Waals surface area contributed by atoms with Gasteiger partial charge in [-0.25, -0.2) is 4.98 Å². The number of thiophene rings is 1. The summed E-state index contributed by atoms with van der Waals surface area (Å²) in [6, 6.07) is 12.6. The first-order valence-corrected chi connectivity index (χ1v) is 7.86. The average molecular weight is 298 g/mol. The third-order valence-electron chi connectivity index (χ3n) is 3.46. The van der Waals surface area contributed by atoms with Crippen LogP contribution in [-0.2, 0) is 6.42 Å². The minimum absolute atomic E-state index is 0.161. The number of fused-ring (bicyclic) bond motifs is 1. The molecule has 21 heavy (non-hydrogen) atoms. The predicted molar refractivity (Wildman–Crippen MR) is 89.7 cm³/mol. The van der Waals surface area contributed by atoms with Gasteiger partial charge in [0.05, 0.1) is 5.39 Å². The first kappa shape index (κ1) is 13.8. The second-order valence-electron chi connectivity index (χ2n) is 4.99. The Balaban J connectivity index is 1.98. The molecule has 0 saturated carbocycles. The Morgan fingerprint density at radius 1 is 1.24 bits per heavy atom. The summed E-state index contributed by atoms with van der Waals surface area (Å²) in [6.45, 7) is 4.26. The first-order valence-electron chi connectivity index (χ1n) is 7.04. The van der Waals surface area contributed by atoms with Crippen LogP contribution in [0.1, 0.15) is 30.3 Å². The topological polar surface area (TPSA) is 63.8 Å². The van der Waals surface area contributed by atoms with Crippen LogP contribution in [0, 0.1) is 0 Å². The molecule has 0 aliphatic carbocycles. The third-order valence-corrected chi connectivity index (χ3v) is 4.64. The minimum Gasteiger partial charge on any atom is -0.368 e. The van der Waals surface area contributed by atoms with E-state index in [-0.39, 0.29) is 6.04 Å². The van der Waals surface area contributed by atoms with Crippen LogP contribution in [0.4, 0.5) is 11.8 Å². The van der Waals surface area contributed by atoms with Gasteiger partial charge in [0.25, 0.3) is 0 Å². The van der Waals surface area contributed by atoms with Gasteiger partial charge in [0.15, 0.2) is 0 Å². The highest BCUT2D eigenvalue weighted by Crippen LogP contribution is 2.31. The number of nitrogens with two attached hydrogens (primary N) is 1. The number of aromatic nitrogens is 2. The monoisotopic (exact) mass is 298 g/mol. The number of anilines is 2. The van der Waals surface area contributed by atoms with E-state index in [0.29, 0.717) is 5.95 Å². The van der Waals surface area contributed by atoms with Crippen LogP contribution >= 0.6 is 11.3 Å². The molecule has 2 aromatic heterocycles. The Bertz CT molecular complexity index is 752. The molecule has 0 aliphatic heterocycles. The fraction of sp³-hybridized carbons (Fsp3) is 0.250. The summed E-state index contributed by atoms with van der Waals surface area (Å²) in [5, 5.41) is 4.50. The van der Waals surface area contributed by atoms with Crippen molar-refractivity contribution in [3.63, 3.8) is 0 Å². The van der Waals surface area contributed by atoms with Crippen molar-refractivity contribution in [1.29, 1.82) is 0 Å². The van der Waals surface area contributed by atoms with E-state index in [1.807, 2.05) is 18.2 Å². The highest BCUT2D eigenvalue weighted by atomic mass is 32.1. The summed E-state index contributed by atoms with van der Waals surface area (Å²) in [4.78, 5) is 10.9. The molecular weight excluding hydrogens is 280 g/mol. The predicted octanol–water partition coefficient (Wildman–Crippen LogP) is 4.01. The maximum atomic E-state index is 5.83. The number of aryl methyl sites for hydroxylation is 1. The zero-order chi connectivity index (χ0) is 14.8. The number of hydrogen-bond donors (Lipinski definition) is 2. The Labute approximate surface area is 128 Å². The van der Waals surface area contributed by atoms with Gasteiger partial charge in [0.2, 0.25) is 5.95 Å². The van der Waals surface area contributed by atoms with Gasteiger partial charge in [0.1, 0.15) is 10.6 Å². The molecule has 1 atom stereocenters. The number of hydrogen-bond acceptors (Lipinski definition) is 5. The maximum absolute atomic E-state index is 5.83. The van der Waals surface area contributed by atoms with E-state index >= 15 is 0 Å². The molecule has 3 N–H and O–H groups in total. The van der Waals surface area contributed by atoms with E-state index in [1.165, 1.54) is 10.4 Å². The van der Waals surface area contributed by atoms with Crippen LogP contribution in [-0.4, -0.2) is 9.97 Å². The summed E-state index contributed by atoms with van der Waals surface area (Å²) < 4.78 is 0. The lowest BCUT2D eigenvalue weighted by molar-refractivity contribution is 0.877. The number of nitrogens with one attached hydrogen (secondary N) is 1. The van der Waals surface area contributed by atoms with E-state index in [4.69, 9.17) is 5.73 Å². The molecule has 2 heterocycles. The van der Waals surface area contributed by atoms with E-state index in [1.54, 1.807) is 11.3 Å². The molecule has 0 spiro atoms. The highest BCUT2D eigenvalue weighted by Gasteiger charge is 2.13. The van der Waals surface area contributed by atoms with Gasteiger partial charge in [0, 0.05) is 10.9 Å². The summed E-state index contributed by atoms with van der Waals surface area (Å²) >= 11 is 1.68. The number of benzene rings is 1. The number of nitrogens with zero attached hydrogens (tertiary/aromatic N) is 2. The molecule has 0 aliphatic rings. The Hall–Kier alpha value is -2.14. The summed E-state index contributed by atoms with van der Waals surface area (Å²) in [5.74, 6) is 1.12. The van der Waals surface area contributed by atoms with Crippen molar-refractivity contribution < 1.29 is 0 Å². The zero-order valence-corrected chi connectivity index (χ0v) is 12.9. The minimum atomic E-state index is 0.161. The van der Waals surface area contributed by atoms with E-state index in [0.717, 1.165) is 22.5 Å². The molecule has 1 aromatic carbocycles. The largest absolute Gasteiger partial charge is 0.368 e. The van der Waals surface area contributed by atoms with Gasteiger partial charge in [-0.15, -0.1) is 11.3 Å². The van der Waals surface area contributed by atoms with Crippen molar-refractivity contribution in [2.75, 3.05) is 11.1 Å². The van der Waals surface area contributed by atoms with Crippen molar-refractivity contribution in [3.05, 3.63) is 46.8 Å². The molecular formula is C16H18N4S. The van der Waals surface area contributed by atoms with Crippen molar-refractivity contribution in [2.45, 2.75) is 26.3 Å². The quantitative estimate of drug-likeness (QED) is 0.764. The molecule has 0 bridgehead atoms. The van der Waals surface area contributed by atoms with Gasteiger partial charge in [-0.05, 0) is 25.0 Å². The molecule has 3 rings (SSSR count). The molecule has 0 radical (unpaired) electrons. The van der Waals surface area contributed by atoms with Gasteiger partial charge in [-0.3, -0.25) is 0 Å². The van der Waals surface area contributed by atoms with Gasteiger partial charge >= 0.3 is 0 Å². The molecule has 0 amide bonds. The third kappa shape index (κ3) is 2.83. The molecule has 0 fully saturated rings. The van der Waals surface area contributed by atoms with Gasteiger partial charge in [-0.2, -0.15) is 4.98 Å². The highest BCUT2D eigenvalue weighted by molar-refractivity contribution is 7.18. The maximum Gasteiger partial charge on any atom is 0.223 e. The molecule has 5 heteroatoms. The van der Waals surface area contributed by atoms with Crippen LogP contribution in [0.5, 0.6) is 0 Å². The van der Waals surface area contributed by atoms with E-state index in [9.17, 15) is 0 Å². The van der Waals surface area contributed by atoms with E-state index in [2.05, 4.69) is 47.3 Å². The Kier molecular flexibility index (Phi) is 3.75. The Morgan fingerprint density at radius 3 is 2.71 bits per heavy atom. The standard InChI is InChI=1S/C16H18N4S/c1-3-12-9-13-14(19-16(17)20-15(13)21-12)18-10(2)11-7-5-4-6-8-11/h4-10H,3H2,1-2H3,(H3,17,18,19,20). The van der Waals surface area contributed by atoms with Crippen molar-refractivity contribution in [1.82, 2.24) is 9.97 Å². The zero-order valence-electron chi connectivity index (χ0n) is 12.1. The first-order chi connectivity index (χ1) is 10.2. The smallest absolute Gasteiger partial charge is 0.223 e. The number of rotatable bonds is 4. The summed E-state index contributed by atoms with van der Waals surface area (Å²) in [7, 11) is 0. The second kappa shape index (κ2) is 5.69. The molecule has 3 aromatic rings. The molecule has 1 unspecified atom stereocenters. The van der Waals surface area contributed by atoms with Gasteiger partial charge in [-0.1, -0.05) is 37.3 Å². The van der Waals surface area contributed by atoms with Crippen molar-refractivity contribution in [2.24, 2.45) is 0 Å². The second-order valence-corrected chi connectivity index (χ2v) is 6.11. The van der Waals surface area contributed by atoms with Crippen LogP contribution < -0.4 is 11.1 Å². The Morgan fingerprint density at radius 2 is 2.00 bits per heavy atom. The number of nitrogen functional groups attached to an aromatic ring is 1. The van der Waals surface area contributed by atoms with Crippen LogP contribution in [0.15, 0.2) is 36.4 Å². The lowest BCUT2D eigenvalue weighted by Crippen LogP contribution is -2.09. The molecule has 108 valence electrons.